The lowest BCUT2D eigenvalue weighted by atomic mass is 9.87. The van der Waals surface area contributed by atoms with E-state index < -0.39 is 0 Å². The number of nitrogens with two attached hydrogens (primary N) is 1. The van der Waals surface area contributed by atoms with Crippen molar-refractivity contribution in [2.24, 2.45) is 5.73 Å². The first-order chi connectivity index (χ1) is 17.1. The zero-order valence-corrected chi connectivity index (χ0v) is 22.3. The van der Waals surface area contributed by atoms with Crippen molar-refractivity contribution in [1.82, 2.24) is 4.90 Å². The molecule has 3 rings (SSSR count). The fourth-order valence-electron chi connectivity index (χ4n) is 4.48. The molecule has 0 fully saturated rings. The van der Waals surface area contributed by atoms with E-state index in [2.05, 4.69) is 88.4 Å². The molecule has 0 bridgehead atoms. The SMILES string of the molecule is CCC=CCCN(CCCC(C(N)=O)c1ccc(Br)cc1-c1ccccc1)CCc1ccccc1. The standard InChI is InChI=1S/C31H37BrN2O/c1-2-3-4-11-21-34(23-20-25-13-7-5-8-14-25)22-12-17-29(31(33)35)28-19-18-27(32)24-30(28)26-15-9-6-10-16-26/h3-10,13-16,18-19,24,29H,2,11-12,17,20-23H2,1H3,(H2,33,35). The Balaban J connectivity index is 1.69. The lowest BCUT2D eigenvalue weighted by Gasteiger charge is -2.24. The van der Waals surface area contributed by atoms with Crippen LogP contribution in [-0.4, -0.2) is 30.4 Å². The van der Waals surface area contributed by atoms with Crippen LogP contribution in [0.1, 0.15) is 49.7 Å². The maximum Gasteiger partial charge on any atom is 0.224 e. The van der Waals surface area contributed by atoms with E-state index in [1.807, 2.05) is 30.3 Å². The first-order valence-corrected chi connectivity index (χ1v) is 13.4. The number of allylic oxidation sites excluding steroid dienone is 1. The molecule has 1 unspecified atom stereocenters. The normalized spacial score (nSPS) is 12.3. The van der Waals surface area contributed by atoms with Gasteiger partial charge in [0.1, 0.15) is 0 Å². The summed E-state index contributed by atoms with van der Waals surface area (Å²) < 4.78 is 0.996. The molecular formula is C31H37BrN2O. The largest absolute Gasteiger partial charge is 0.369 e. The van der Waals surface area contributed by atoms with E-state index >= 15 is 0 Å². The summed E-state index contributed by atoms with van der Waals surface area (Å²) in [7, 11) is 0. The predicted octanol–water partition coefficient (Wildman–Crippen LogP) is 7.37. The van der Waals surface area contributed by atoms with Crippen molar-refractivity contribution in [2.75, 3.05) is 19.6 Å². The molecular weight excluding hydrogens is 496 g/mol. The van der Waals surface area contributed by atoms with Crippen LogP contribution in [0.15, 0.2) is 95.5 Å². The van der Waals surface area contributed by atoms with E-state index in [0.29, 0.717) is 0 Å². The third-order valence-electron chi connectivity index (χ3n) is 6.36. The summed E-state index contributed by atoms with van der Waals surface area (Å²) in [6.45, 7) is 5.16. The van der Waals surface area contributed by atoms with Crippen molar-refractivity contribution in [1.29, 1.82) is 0 Å². The Morgan fingerprint density at radius 3 is 2.34 bits per heavy atom. The van der Waals surface area contributed by atoms with Crippen LogP contribution in [-0.2, 0) is 11.2 Å². The van der Waals surface area contributed by atoms with E-state index in [1.54, 1.807) is 0 Å². The maximum atomic E-state index is 12.6. The number of primary amides is 1. The Morgan fingerprint density at radius 2 is 1.66 bits per heavy atom. The van der Waals surface area contributed by atoms with Crippen LogP contribution in [0, 0.1) is 0 Å². The third kappa shape index (κ3) is 8.79. The van der Waals surface area contributed by atoms with Crippen LogP contribution in [0.3, 0.4) is 0 Å². The minimum atomic E-state index is -0.311. The van der Waals surface area contributed by atoms with Gasteiger partial charge in [0.25, 0.3) is 0 Å². The highest BCUT2D eigenvalue weighted by Crippen LogP contribution is 2.34. The zero-order valence-electron chi connectivity index (χ0n) is 20.7. The molecule has 0 spiro atoms. The van der Waals surface area contributed by atoms with Gasteiger partial charge in [-0.05, 0) is 73.0 Å². The molecule has 3 nitrogen and oxygen atoms in total. The summed E-state index contributed by atoms with van der Waals surface area (Å²) in [5.74, 6) is -0.569. The number of benzene rings is 3. The summed E-state index contributed by atoms with van der Waals surface area (Å²) >= 11 is 3.59. The van der Waals surface area contributed by atoms with Gasteiger partial charge in [0.05, 0.1) is 5.92 Å². The van der Waals surface area contributed by atoms with Crippen molar-refractivity contribution in [3.05, 3.63) is 107 Å². The third-order valence-corrected chi connectivity index (χ3v) is 6.85. The van der Waals surface area contributed by atoms with Gasteiger partial charge in [-0.25, -0.2) is 0 Å². The van der Waals surface area contributed by atoms with Crippen molar-refractivity contribution in [3.63, 3.8) is 0 Å². The second kappa shape index (κ2) is 14.7. The Bertz CT molecular complexity index is 1070. The molecule has 0 aliphatic heterocycles. The molecule has 4 heteroatoms. The van der Waals surface area contributed by atoms with Gasteiger partial charge in [0, 0.05) is 17.6 Å². The van der Waals surface area contributed by atoms with Gasteiger partial charge in [-0.2, -0.15) is 0 Å². The van der Waals surface area contributed by atoms with Crippen LogP contribution < -0.4 is 5.73 Å². The molecule has 0 aromatic heterocycles. The lowest BCUT2D eigenvalue weighted by molar-refractivity contribution is -0.119. The Hall–Kier alpha value is -2.69. The number of carbonyl (C=O) groups excluding carboxylic acids is 1. The number of hydrogen-bond donors (Lipinski definition) is 1. The average molecular weight is 534 g/mol. The highest BCUT2D eigenvalue weighted by Gasteiger charge is 2.22. The molecule has 0 aliphatic carbocycles. The van der Waals surface area contributed by atoms with Gasteiger partial charge in [-0.15, -0.1) is 0 Å². The summed E-state index contributed by atoms with van der Waals surface area (Å²) in [5, 5.41) is 0. The predicted molar refractivity (Wildman–Crippen MR) is 151 cm³/mol. The van der Waals surface area contributed by atoms with Crippen LogP contribution in [0.4, 0.5) is 0 Å². The van der Waals surface area contributed by atoms with E-state index in [0.717, 1.165) is 72.9 Å². The molecule has 0 radical (unpaired) electrons. The van der Waals surface area contributed by atoms with E-state index in [9.17, 15) is 4.79 Å². The van der Waals surface area contributed by atoms with Crippen molar-refractivity contribution < 1.29 is 4.79 Å². The molecule has 2 N–H and O–H groups in total. The highest BCUT2D eigenvalue weighted by atomic mass is 79.9. The number of amides is 1. The maximum absolute atomic E-state index is 12.6. The Morgan fingerprint density at radius 1 is 0.943 bits per heavy atom. The second-order valence-electron chi connectivity index (χ2n) is 8.94. The lowest BCUT2D eigenvalue weighted by Crippen LogP contribution is -2.29. The topological polar surface area (TPSA) is 46.3 Å². The molecule has 3 aromatic rings. The minimum absolute atomic E-state index is 0.258. The summed E-state index contributed by atoms with van der Waals surface area (Å²) in [6, 6.07) is 27.0. The Labute approximate surface area is 219 Å². The van der Waals surface area contributed by atoms with Crippen LogP contribution in [0.25, 0.3) is 11.1 Å². The van der Waals surface area contributed by atoms with Gasteiger partial charge < -0.3 is 10.6 Å². The Kier molecular flexibility index (Phi) is 11.3. The summed E-state index contributed by atoms with van der Waals surface area (Å²) in [6.07, 6.45) is 9.32. The fourth-order valence-corrected chi connectivity index (χ4v) is 4.84. The highest BCUT2D eigenvalue weighted by molar-refractivity contribution is 9.10. The monoisotopic (exact) mass is 532 g/mol. The second-order valence-corrected chi connectivity index (χ2v) is 9.86. The number of nitrogens with zero attached hydrogens (tertiary/aromatic N) is 1. The number of halogens is 1. The molecule has 35 heavy (non-hydrogen) atoms. The van der Waals surface area contributed by atoms with Gasteiger partial charge >= 0.3 is 0 Å². The van der Waals surface area contributed by atoms with Crippen molar-refractivity contribution in [2.45, 2.75) is 44.9 Å². The summed E-state index contributed by atoms with van der Waals surface area (Å²) in [5.41, 5.74) is 10.5. The van der Waals surface area contributed by atoms with Gasteiger partial charge in [-0.1, -0.05) is 102 Å². The molecule has 184 valence electrons. The van der Waals surface area contributed by atoms with Crippen LogP contribution in [0.2, 0.25) is 0 Å². The molecule has 0 aliphatic rings. The first kappa shape index (κ1) is 26.9. The molecule has 1 atom stereocenters. The quantitative estimate of drug-likeness (QED) is 0.220. The van der Waals surface area contributed by atoms with E-state index in [4.69, 9.17) is 5.73 Å². The first-order valence-electron chi connectivity index (χ1n) is 12.6. The number of hydrogen-bond acceptors (Lipinski definition) is 2. The number of rotatable bonds is 14. The smallest absolute Gasteiger partial charge is 0.224 e. The van der Waals surface area contributed by atoms with E-state index in [1.165, 1.54) is 5.56 Å². The molecule has 1 amide bonds. The van der Waals surface area contributed by atoms with Crippen LogP contribution in [0.5, 0.6) is 0 Å². The fraction of sp³-hybridized carbons (Fsp3) is 0.323. The van der Waals surface area contributed by atoms with Crippen molar-refractivity contribution >= 4 is 21.8 Å². The minimum Gasteiger partial charge on any atom is -0.369 e. The zero-order chi connectivity index (χ0) is 24.9. The van der Waals surface area contributed by atoms with Gasteiger partial charge in [0.2, 0.25) is 5.91 Å². The molecule has 0 saturated heterocycles. The molecule has 0 heterocycles. The number of carbonyl (C=O) groups is 1. The summed E-state index contributed by atoms with van der Waals surface area (Å²) in [4.78, 5) is 15.1. The average Bonchev–Trinajstić information content (AvgIpc) is 2.88. The van der Waals surface area contributed by atoms with E-state index in [-0.39, 0.29) is 11.8 Å². The van der Waals surface area contributed by atoms with Gasteiger partial charge in [0.15, 0.2) is 0 Å². The molecule has 0 saturated carbocycles. The van der Waals surface area contributed by atoms with Gasteiger partial charge in [-0.3, -0.25) is 4.79 Å². The molecule has 3 aromatic carbocycles. The van der Waals surface area contributed by atoms with Crippen LogP contribution >= 0.6 is 15.9 Å². The van der Waals surface area contributed by atoms with Crippen molar-refractivity contribution in [3.8, 4) is 11.1 Å².